The summed E-state index contributed by atoms with van der Waals surface area (Å²) in [4.78, 5) is 19.2. The Labute approximate surface area is 111 Å². The summed E-state index contributed by atoms with van der Waals surface area (Å²) in [5.41, 5.74) is 0.827. The number of carboxylic acids is 1. The fourth-order valence-corrected chi connectivity index (χ4v) is 2.56. The zero-order chi connectivity index (χ0) is 12.4. The van der Waals surface area contributed by atoms with Gasteiger partial charge in [-0.25, -0.2) is 9.97 Å². The Balaban J connectivity index is 2.51. The van der Waals surface area contributed by atoms with Crippen molar-refractivity contribution in [2.45, 2.75) is 11.9 Å². The molecule has 2 aromatic rings. The number of fused-ring (bicyclic) bond motifs is 1. The minimum absolute atomic E-state index is 0.00192. The summed E-state index contributed by atoms with van der Waals surface area (Å²) in [7, 11) is 0. The van der Waals surface area contributed by atoms with Crippen LogP contribution in [0, 0.1) is 6.92 Å². The number of nitrogens with zero attached hydrogens (tertiary/aromatic N) is 2. The first-order chi connectivity index (χ1) is 8.06. The molecule has 0 saturated heterocycles. The summed E-state index contributed by atoms with van der Waals surface area (Å²) < 4.78 is 0.926. The van der Waals surface area contributed by atoms with Gasteiger partial charge in [-0.1, -0.05) is 27.7 Å². The second kappa shape index (κ2) is 5.01. The summed E-state index contributed by atoms with van der Waals surface area (Å²) in [6.07, 6.45) is 0. The Morgan fingerprint density at radius 3 is 2.94 bits per heavy atom. The first-order valence-corrected chi connectivity index (χ1v) is 6.62. The van der Waals surface area contributed by atoms with Crippen molar-refractivity contribution >= 4 is 44.6 Å². The van der Waals surface area contributed by atoms with Gasteiger partial charge in [0.25, 0.3) is 0 Å². The maximum absolute atomic E-state index is 10.6. The number of aliphatic carboxylic acids is 1. The van der Waals surface area contributed by atoms with Crippen molar-refractivity contribution in [2.75, 3.05) is 5.75 Å². The van der Waals surface area contributed by atoms with Crippen LogP contribution in [0.25, 0.3) is 10.9 Å². The molecule has 1 N–H and O–H groups in total. The zero-order valence-electron chi connectivity index (χ0n) is 8.98. The van der Waals surface area contributed by atoms with Gasteiger partial charge >= 0.3 is 5.97 Å². The Morgan fingerprint density at radius 2 is 2.24 bits per heavy atom. The third-order valence-corrected chi connectivity index (χ3v) is 3.54. The number of hydrogen-bond donors (Lipinski definition) is 1. The molecule has 1 aromatic heterocycles. The topological polar surface area (TPSA) is 63.1 Å². The summed E-state index contributed by atoms with van der Waals surface area (Å²) in [5, 5.41) is 10.3. The first kappa shape index (κ1) is 12.3. The molecule has 0 aliphatic rings. The lowest BCUT2D eigenvalue weighted by atomic mass is 10.2. The Hall–Kier alpha value is -1.14. The highest BCUT2D eigenvalue weighted by Gasteiger charge is 2.08. The highest BCUT2D eigenvalue weighted by molar-refractivity contribution is 9.10. The van der Waals surface area contributed by atoms with Crippen LogP contribution in [0.5, 0.6) is 0 Å². The summed E-state index contributed by atoms with van der Waals surface area (Å²) in [5.74, 6) is -0.208. The van der Waals surface area contributed by atoms with Gasteiger partial charge in [0.05, 0.1) is 11.3 Å². The predicted octanol–water partition coefficient (Wildman–Crippen LogP) is 2.88. The molecule has 0 spiro atoms. The molecular formula is C11H9BrN2O2S. The average molecular weight is 313 g/mol. The van der Waals surface area contributed by atoms with Crippen molar-refractivity contribution in [3.8, 4) is 0 Å². The molecule has 0 amide bonds. The van der Waals surface area contributed by atoms with Crippen molar-refractivity contribution in [3.05, 3.63) is 28.5 Å². The van der Waals surface area contributed by atoms with Gasteiger partial charge in [-0.2, -0.15) is 0 Å². The molecule has 88 valence electrons. The molecule has 0 unspecified atom stereocenters. The molecule has 0 aliphatic carbocycles. The van der Waals surface area contributed by atoms with Crippen LogP contribution in [0.3, 0.4) is 0 Å². The van der Waals surface area contributed by atoms with Gasteiger partial charge < -0.3 is 5.11 Å². The number of carbonyl (C=O) groups is 1. The van der Waals surface area contributed by atoms with Crippen molar-refractivity contribution in [1.29, 1.82) is 0 Å². The Morgan fingerprint density at radius 1 is 1.47 bits per heavy atom. The molecule has 0 fully saturated rings. The van der Waals surface area contributed by atoms with Crippen LogP contribution < -0.4 is 0 Å². The van der Waals surface area contributed by atoms with E-state index in [4.69, 9.17) is 5.11 Å². The van der Waals surface area contributed by atoms with Crippen LogP contribution >= 0.6 is 27.7 Å². The lowest BCUT2D eigenvalue weighted by molar-refractivity contribution is -0.133. The molecule has 0 atom stereocenters. The van der Waals surface area contributed by atoms with E-state index in [-0.39, 0.29) is 5.75 Å². The highest BCUT2D eigenvalue weighted by atomic mass is 79.9. The van der Waals surface area contributed by atoms with Gasteiger partial charge in [-0.15, -0.1) is 0 Å². The number of aromatic nitrogens is 2. The van der Waals surface area contributed by atoms with Crippen LogP contribution in [0.1, 0.15) is 5.82 Å². The fraction of sp³-hybridized carbons (Fsp3) is 0.182. The Bertz CT molecular complexity index is 589. The first-order valence-electron chi connectivity index (χ1n) is 4.85. The molecule has 1 heterocycles. The number of carboxylic acid groups (broad SMARTS) is 1. The van der Waals surface area contributed by atoms with Crippen LogP contribution in [0.15, 0.2) is 27.7 Å². The van der Waals surface area contributed by atoms with Crippen LogP contribution in [-0.4, -0.2) is 26.8 Å². The number of hydrogen-bond acceptors (Lipinski definition) is 4. The van der Waals surface area contributed by atoms with E-state index in [1.165, 1.54) is 11.8 Å². The Kier molecular flexibility index (Phi) is 3.63. The number of aryl methyl sites for hydroxylation is 1. The number of thioether (sulfide) groups is 1. The van der Waals surface area contributed by atoms with Gasteiger partial charge in [0.2, 0.25) is 0 Å². The smallest absolute Gasteiger partial charge is 0.313 e. The van der Waals surface area contributed by atoms with E-state index in [1.54, 1.807) is 6.92 Å². The lowest BCUT2D eigenvalue weighted by Gasteiger charge is -2.05. The standard InChI is InChI=1S/C11H9BrN2O2S/c1-6-13-9-3-2-7(12)4-8(9)11(14-6)17-5-10(15)16/h2-4H,5H2,1H3,(H,15,16). The largest absolute Gasteiger partial charge is 0.481 e. The van der Waals surface area contributed by atoms with Crippen LogP contribution in [-0.2, 0) is 4.79 Å². The van der Waals surface area contributed by atoms with Gasteiger partial charge in [0, 0.05) is 9.86 Å². The maximum Gasteiger partial charge on any atom is 0.313 e. The fourth-order valence-electron chi connectivity index (χ4n) is 1.42. The molecule has 0 aliphatic heterocycles. The van der Waals surface area contributed by atoms with E-state index in [2.05, 4.69) is 25.9 Å². The SMILES string of the molecule is Cc1nc(SCC(=O)O)c2cc(Br)ccc2n1. The van der Waals surface area contributed by atoms with Crippen molar-refractivity contribution in [3.63, 3.8) is 0 Å². The van der Waals surface area contributed by atoms with E-state index < -0.39 is 5.97 Å². The number of rotatable bonds is 3. The van der Waals surface area contributed by atoms with Gasteiger partial charge in [-0.05, 0) is 25.1 Å². The van der Waals surface area contributed by atoms with Gasteiger partial charge in [-0.3, -0.25) is 4.79 Å². The summed E-state index contributed by atoms with van der Waals surface area (Å²) >= 11 is 4.59. The minimum Gasteiger partial charge on any atom is -0.481 e. The molecule has 0 radical (unpaired) electrons. The van der Waals surface area contributed by atoms with Gasteiger partial charge in [0.15, 0.2) is 0 Å². The normalized spacial score (nSPS) is 10.7. The second-order valence-electron chi connectivity index (χ2n) is 3.42. The monoisotopic (exact) mass is 312 g/mol. The summed E-state index contributed by atoms with van der Waals surface area (Å²) in [6, 6.07) is 5.69. The quantitative estimate of drug-likeness (QED) is 0.697. The third kappa shape index (κ3) is 2.95. The van der Waals surface area contributed by atoms with E-state index in [1.807, 2.05) is 18.2 Å². The number of halogens is 1. The van der Waals surface area contributed by atoms with E-state index >= 15 is 0 Å². The molecule has 0 bridgehead atoms. The van der Waals surface area contributed by atoms with E-state index in [0.29, 0.717) is 10.9 Å². The lowest BCUT2D eigenvalue weighted by Crippen LogP contribution is -2.00. The van der Waals surface area contributed by atoms with Gasteiger partial charge in [0.1, 0.15) is 10.9 Å². The molecule has 0 saturated carbocycles. The molecular weight excluding hydrogens is 304 g/mol. The van der Waals surface area contributed by atoms with E-state index in [0.717, 1.165) is 15.4 Å². The maximum atomic E-state index is 10.6. The molecule has 17 heavy (non-hydrogen) atoms. The molecule has 4 nitrogen and oxygen atoms in total. The minimum atomic E-state index is -0.852. The van der Waals surface area contributed by atoms with Crippen molar-refractivity contribution < 1.29 is 9.90 Å². The predicted molar refractivity (Wildman–Crippen MR) is 70.3 cm³/mol. The van der Waals surface area contributed by atoms with Crippen LogP contribution in [0.2, 0.25) is 0 Å². The van der Waals surface area contributed by atoms with Crippen molar-refractivity contribution in [1.82, 2.24) is 9.97 Å². The third-order valence-electron chi connectivity index (χ3n) is 2.07. The van der Waals surface area contributed by atoms with Crippen molar-refractivity contribution in [2.24, 2.45) is 0 Å². The van der Waals surface area contributed by atoms with E-state index in [9.17, 15) is 4.79 Å². The summed E-state index contributed by atoms with van der Waals surface area (Å²) in [6.45, 7) is 1.80. The average Bonchev–Trinajstić information content (AvgIpc) is 2.26. The van der Waals surface area contributed by atoms with Crippen LogP contribution in [0.4, 0.5) is 0 Å². The second-order valence-corrected chi connectivity index (χ2v) is 5.30. The molecule has 2 rings (SSSR count). The molecule has 6 heteroatoms. The number of benzene rings is 1. The zero-order valence-corrected chi connectivity index (χ0v) is 11.4. The molecule has 1 aromatic carbocycles. The highest BCUT2D eigenvalue weighted by Crippen LogP contribution is 2.27.